The van der Waals surface area contributed by atoms with Gasteiger partial charge in [0.15, 0.2) is 15.4 Å². The number of carbonyl (C=O) groups is 1. The number of sulfone groups is 1. The monoisotopic (exact) mass is 350 g/mol. The minimum Gasteiger partial charge on any atom is -0.356 e. The summed E-state index contributed by atoms with van der Waals surface area (Å²) in [6, 6.07) is 7.39. The van der Waals surface area contributed by atoms with Gasteiger partial charge in [-0.05, 0) is 39.3 Å². The molecule has 130 valence electrons. The summed E-state index contributed by atoms with van der Waals surface area (Å²) in [6.07, 6.45) is 0.615. The molecular formula is C17H22N2O4S. The van der Waals surface area contributed by atoms with E-state index in [1.807, 2.05) is 18.2 Å². The summed E-state index contributed by atoms with van der Waals surface area (Å²) in [4.78, 5) is 14.2. The summed E-state index contributed by atoms with van der Waals surface area (Å²) in [7, 11) is -3.27. The van der Waals surface area contributed by atoms with Crippen LogP contribution in [0.15, 0.2) is 28.8 Å². The van der Waals surface area contributed by atoms with Crippen LogP contribution in [0.25, 0.3) is 11.0 Å². The fraction of sp³-hybridized carbons (Fsp3) is 0.529. The summed E-state index contributed by atoms with van der Waals surface area (Å²) < 4.78 is 29.5. The van der Waals surface area contributed by atoms with Gasteiger partial charge in [-0.3, -0.25) is 4.79 Å². The van der Waals surface area contributed by atoms with E-state index in [-0.39, 0.29) is 18.9 Å². The molecule has 0 N–H and O–H groups in total. The maximum Gasteiger partial charge on any atom is 0.228 e. The van der Waals surface area contributed by atoms with Crippen LogP contribution in [0.5, 0.6) is 0 Å². The summed E-state index contributed by atoms with van der Waals surface area (Å²) in [5.74, 6) is -0.110. The van der Waals surface area contributed by atoms with Gasteiger partial charge < -0.3 is 9.42 Å². The molecule has 2 aromatic rings. The molecule has 1 aromatic heterocycles. The molecule has 1 aliphatic rings. The molecule has 1 aliphatic heterocycles. The third kappa shape index (κ3) is 2.92. The van der Waals surface area contributed by atoms with E-state index >= 15 is 0 Å². The lowest BCUT2D eigenvalue weighted by Crippen LogP contribution is -2.40. The summed E-state index contributed by atoms with van der Waals surface area (Å²) in [6.45, 7) is 5.83. The molecule has 24 heavy (non-hydrogen) atoms. The molecule has 1 atom stereocenters. The highest BCUT2D eigenvalue weighted by Crippen LogP contribution is 2.27. The topological polar surface area (TPSA) is 80.5 Å². The van der Waals surface area contributed by atoms with Gasteiger partial charge in [-0.2, -0.15) is 0 Å². The third-order valence-corrected chi connectivity index (χ3v) is 7.53. The Hall–Kier alpha value is -1.89. The minimum absolute atomic E-state index is 0.110. The molecular weight excluding hydrogens is 328 g/mol. The molecule has 2 heterocycles. The molecule has 1 amide bonds. The van der Waals surface area contributed by atoms with Crippen LogP contribution in [0.2, 0.25) is 0 Å². The number of benzene rings is 1. The number of hydrogen-bond acceptors (Lipinski definition) is 5. The zero-order valence-corrected chi connectivity index (χ0v) is 15.0. The first kappa shape index (κ1) is 17.0. The van der Waals surface area contributed by atoms with Crippen molar-refractivity contribution in [3.63, 3.8) is 0 Å². The normalized spacial score (nSPS) is 19.1. The van der Waals surface area contributed by atoms with E-state index in [0.29, 0.717) is 24.2 Å². The molecule has 0 saturated carbocycles. The number of carbonyl (C=O) groups excluding carboxylic acids is 1. The zero-order chi connectivity index (χ0) is 17.5. The molecule has 1 saturated heterocycles. The fourth-order valence-corrected chi connectivity index (χ4v) is 4.82. The first-order valence-corrected chi connectivity index (χ1v) is 9.59. The van der Waals surface area contributed by atoms with Gasteiger partial charge in [-0.25, -0.2) is 8.42 Å². The van der Waals surface area contributed by atoms with E-state index in [4.69, 9.17) is 4.52 Å². The summed E-state index contributed by atoms with van der Waals surface area (Å²) >= 11 is 0. The van der Waals surface area contributed by atoms with Crippen LogP contribution in [0, 0.1) is 0 Å². The number of para-hydroxylation sites is 1. The van der Waals surface area contributed by atoms with E-state index in [0.717, 1.165) is 5.39 Å². The maximum atomic E-state index is 12.5. The van der Waals surface area contributed by atoms with Crippen molar-refractivity contribution in [2.24, 2.45) is 0 Å². The predicted octanol–water partition coefficient (Wildman–Crippen LogP) is 2.18. The van der Waals surface area contributed by atoms with Crippen LogP contribution in [-0.4, -0.2) is 47.5 Å². The number of fused-ring (bicyclic) bond motifs is 1. The average Bonchev–Trinajstić information content (AvgIpc) is 3.14. The SMILES string of the molecule is CC(C)(C)S(=O)(=O)[C@H]1CCN(C(=O)Cc2noc3ccccc23)C1. The first-order chi connectivity index (χ1) is 11.2. The Kier molecular flexibility index (Phi) is 4.15. The number of nitrogens with zero attached hydrogens (tertiary/aromatic N) is 2. The Bertz CT molecular complexity index is 864. The number of amides is 1. The lowest BCUT2D eigenvalue weighted by Gasteiger charge is -2.24. The second-order valence-electron chi connectivity index (χ2n) is 7.21. The maximum absolute atomic E-state index is 12.5. The van der Waals surface area contributed by atoms with Gasteiger partial charge in [0.2, 0.25) is 5.91 Å². The van der Waals surface area contributed by atoms with Crippen molar-refractivity contribution in [1.29, 1.82) is 0 Å². The smallest absolute Gasteiger partial charge is 0.228 e. The van der Waals surface area contributed by atoms with Crippen LogP contribution in [0.4, 0.5) is 0 Å². The Morgan fingerprint density at radius 2 is 2.04 bits per heavy atom. The van der Waals surface area contributed by atoms with E-state index < -0.39 is 19.8 Å². The van der Waals surface area contributed by atoms with Gasteiger partial charge in [-0.15, -0.1) is 0 Å². The van der Waals surface area contributed by atoms with E-state index in [1.165, 1.54) is 0 Å². The predicted molar refractivity (Wildman–Crippen MR) is 91.4 cm³/mol. The van der Waals surface area contributed by atoms with Crippen molar-refractivity contribution >= 4 is 26.7 Å². The number of rotatable bonds is 3. The van der Waals surface area contributed by atoms with Crippen molar-refractivity contribution in [2.75, 3.05) is 13.1 Å². The van der Waals surface area contributed by atoms with Crippen molar-refractivity contribution in [2.45, 2.75) is 43.6 Å². The van der Waals surface area contributed by atoms with Gasteiger partial charge in [0.25, 0.3) is 0 Å². The molecule has 6 nitrogen and oxygen atoms in total. The molecule has 0 bridgehead atoms. The standard InChI is InChI=1S/C17H22N2O4S/c1-17(2,3)24(21,22)12-8-9-19(11-12)16(20)10-14-13-6-4-5-7-15(13)23-18-14/h4-7,12H,8-11H2,1-3H3/t12-/m0/s1. The van der Waals surface area contributed by atoms with Crippen molar-refractivity contribution < 1.29 is 17.7 Å². The zero-order valence-electron chi connectivity index (χ0n) is 14.2. The van der Waals surface area contributed by atoms with Gasteiger partial charge in [0.1, 0.15) is 5.69 Å². The Morgan fingerprint density at radius 1 is 1.33 bits per heavy atom. The summed E-state index contributed by atoms with van der Waals surface area (Å²) in [5, 5.41) is 4.31. The number of hydrogen-bond donors (Lipinski definition) is 0. The van der Waals surface area contributed by atoms with Crippen LogP contribution in [0.1, 0.15) is 32.9 Å². The van der Waals surface area contributed by atoms with Crippen LogP contribution in [-0.2, 0) is 21.1 Å². The van der Waals surface area contributed by atoms with Crippen molar-refractivity contribution in [1.82, 2.24) is 10.1 Å². The van der Waals surface area contributed by atoms with Gasteiger partial charge in [0, 0.05) is 18.5 Å². The second kappa shape index (κ2) is 5.88. The molecule has 0 radical (unpaired) electrons. The van der Waals surface area contributed by atoms with E-state index in [1.54, 1.807) is 31.7 Å². The highest BCUT2D eigenvalue weighted by Gasteiger charge is 2.41. The number of aromatic nitrogens is 1. The number of likely N-dealkylation sites (tertiary alicyclic amines) is 1. The minimum atomic E-state index is -3.27. The highest BCUT2D eigenvalue weighted by molar-refractivity contribution is 7.93. The molecule has 1 fully saturated rings. The van der Waals surface area contributed by atoms with Crippen LogP contribution in [0.3, 0.4) is 0 Å². The van der Waals surface area contributed by atoms with Crippen molar-refractivity contribution in [3.05, 3.63) is 30.0 Å². The quantitative estimate of drug-likeness (QED) is 0.847. The average molecular weight is 350 g/mol. The second-order valence-corrected chi connectivity index (χ2v) is 10.2. The Balaban J connectivity index is 1.71. The van der Waals surface area contributed by atoms with Crippen molar-refractivity contribution in [3.8, 4) is 0 Å². The summed E-state index contributed by atoms with van der Waals surface area (Å²) in [5.41, 5.74) is 1.24. The molecule has 0 aliphatic carbocycles. The molecule has 0 unspecified atom stereocenters. The molecule has 1 aromatic carbocycles. The van der Waals surface area contributed by atoms with E-state index in [2.05, 4.69) is 5.16 Å². The molecule has 0 spiro atoms. The third-order valence-electron chi connectivity index (χ3n) is 4.56. The largest absolute Gasteiger partial charge is 0.356 e. The lowest BCUT2D eigenvalue weighted by atomic mass is 10.1. The lowest BCUT2D eigenvalue weighted by molar-refractivity contribution is -0.129. The van der Waals surface area contributed by atoms with Gasteiger partial charge >= 0.3 is 0 Å². The highest BCUT2D eigenvalue weighted by atomic mass is 32.2. The Morgan fingerprint density at radius 3 is 2.75 bits per heavy atom. The Labute approximate surface area is 141 Å². The first-order valence-electron chi connectivity index (χ1n) is 8.04. The van der Waals surface area contributed by atoms with Gasteiger partial charge in [0.05, 0.1) is 16.4 Å². The van der Waals surface area contributed by atoms with E-state index in [9.17, 15) is 13.2 Å². The van der Waals surface area contributed by atoms with Crippen LogP contribution < -0.4 is 0 Å². The molecule has 7 heteroatoms. The van der Waals surface area contributed by atoms with Crippen LogP contribution >= 0.6 is 0 Å². The molecule has 3 rings (SSSR count). The fourth-order valence-electron chi connectivity index (χ4n) is 3.03. The van der Waals surface area contributed by atoms with Gasteiger partial charge in [-0.1, -0.05) is 17.3 Å².